The number of nitrogen functional groups attached to an aromatic ring is 1. The van der Waals surface area contributed by atoms with Crippen LogP contribution in [-0.4, -0.2) is 5.16 Å². The van der Waals surface area contributed by atoms with Gasteiger partial charge in [0.05, 0.1) is 5.56 Å². The predicted molar refractivity (Wildman–Crippen MR) is 60.3 cm³/mol. The molecule has 0 saturated carbocycles. The lowest BCUT2D eigenvalue weighted by atomic mass is 10.0. The zero-order valence-electron chi connectivity index (χ0n) is 9.03. The van der Waals surface area contributed by atoms with E-state index in [-0.39, 0.29) is 11.6 Å². The van der Waals surface area contributed by atoms with E-state index in [0.29, 0.717) is 23.3 Å². The molecule has 0 aliphatic carbocycles. The smallest absolute Gasteiger partial charge is 0.175 e. The van der Waals surface area contributed by atoms with Gasteiger partial charge in [-0.1, -0.05) is 30.3 Å². The molecule has 0 amide bonds. The van der Waals surface area contributed by atoms with Crippen molar-refractivity contribution in [2.45, 2.75) is 19.8 Å². The van der Waals surface area contributed by atoms with Crippen LogP contribution in [0, 0.1) is 5.82 Å². The Balaban J connectivity index is 2.54. The van der Waals surface area contributed by atoms with Crippen molar-refractivity contribution in [2.24, 2.45) is 0 Å². The Bertz CT molecular complexity index is 494. The Kier molecular flexibility index (Phi) is 2.90. The van der Waals surface area contributed by atoms with Gasteiger partial charge in [0.1, 0.15) is 11.6 Å². The normalized spacial score (nSPS) is 10.6. The zero-order chi connectivity index (χ0) is 11.5. The third-order valence-corrected chi connectivity index (χ3v) is 2.41. The van der Waals surface area contributed by atoms with Crippen molar-refractivity contribution < 1.29 is 8.91 Å². The molecule has 2 aromatic rings. The van der Waals surface area contributed by atoms with E-state index in [4.69, 9.17) is 10.3 Å². The van der Waals surface area contributed by atoms with E-state index in [1.165, 1.54) is 6.07 Å². The van der Waals surface area contributed by atoms with Crippen LogP contribution in [0.3, 0.4) is 0 Å². The van der Waals surface area contributed by atoms with Gasteiger partial charge in [-0.25, -0.2) is 4.39 Å². The van der Waals surface area contributed by atoms with Crippen molar-refractivity contribution in [3.8, 4) is 11.1 Å². The molecule has 0 bridgehead atoms. The third-order valence-electron chi connectivity index (χ3n) is 2.41. The summed E-state index contributed by atoms with van der Waals surface area (Å²) in [6.45, 7) is 2.02. The molecule has 0 atom stereocenters. The van der Waals surface area contributed by atoms with E-state index in [9.17, 15) is 4.39 Å². The van der Waals surface area contributed by atoms with Gasteiger partial charge < -0.3 is 10.3 Å². The molecule has 0 spiro atoms. The summed E-state index contributed by atoms with van der Waals surface area (Å²) in [4.78, 5) is 0. The zero-order valence-corrected chi connectivity index (χ0v) is 9.03. The minimum Gasteiger partial charge on any atom is -0.380 e. The molecule has 2 N–H and O–H groups in total. The number of nitrogens with zero attached hydrogens (tertiary/aromatic N) is 1. The lowest BCUT2D eigenvalue weighted by molar-refractivity contribution is 0.385. The molecule has 2 rings (SSSR count). The van der Waals surface area contributed by atoms with E-state index < -0.39 is 0 Å². The molecular formula is C12H13FN2O. The van der Waals surface area contributed by atoms with Crippen LogP contribution in [-0.2, 0) is 6.42 Å². The summed E-state index contributed by atoms with van der Waals surface area (Å²) in [5, 5.41) is 3.69. The summed E-state index contributed by atoms with van der Waals surface area (Å²) in [5.74, 6) is 0.577. The van der Waals surface area contributed by atoms with Crippen molar-refractivity contribution in [1.82, 2.24) is 5.16 Å². The Labute approximate surface area is 93.1 Å². The Hall–Kier alpha value is -1.84. The molecule has 1 heterocycles. The van der Waals surface area contributed by atoms with E-state index in [1.54, 1.807) is 18.2 Å². The summed E-state index contributed by atoms with van der Waals surface area (Å²) in [7, 11) is 0. The highest BCUT2D eigenvalue weighted by atomic mass is 19.1. The SMILES string of the molecule is CCCc1onc(N)c1-c1ccccc1F. The van der Waals surface area contributed by atoms with Gasteiger partial charge in [0.25, 0.3) is 0 Å². The lowest BCUT2D eigenvalue weighted by Crippen LogP contribution is -1.92. The molecule has 0 unspecified atom stereocenters. The van der Waals surface area contributed by atoms with Gasteiger partial charge in [-0.3, -0.25) is 0 Å². The van der Waals surface area contributed by atoms with E-state index in [2.05, 4.69) is 5.16 Å². The predicted octanol–water partition coefficient (Wildman–Crippen LogP) is 3.02. The summed E-state index contributed by atoms with van der Waals surface area (Å²) in [6, 6.07) is 6.48. The topological polar surface area (TPSA) is 52.0 Å². The molecular weight excluding hydrogens is 207 g/mol. The summed E-state index contributed by atoms with van der Waals surface area (Å²) >= 11 is 0. The number of halogens is 1. The molecule has 0 fully saturated rings. The summed E-state index contributed by atoms with van der Waals surface area (Å²) < 4.78 is 18.7. The molecule has 3 nitrogen and oxygen atoms in total. The average molecular weight is 220 g/mol. The number of hydrogen-bond acceptors (Lipinski definition) is 3. The molecule has 0 aliphatic rings. The maximum absolute atomic E-state index is 13.6. The minimum atomic E-state index is -0.310. The second-order valence-corrected chi connectivity index (χ2v) is 3.60. The number of rotatable bonds is 3. The first-order valence-corrected chi connectivity index (χ1v) is 5.23. The monoisotopic (exact) mass is 220 g/mol. The average Bonchev–Trinajstić information content (AvgIpc) is 2.62. The highest BCUT2D eigenvalue weighted by molar-refractivity contribution is 5.75. The van der Waals surface area contributed by atoms with Crippen LogP contribution >= 0.6 is 0 Å². The Morgan fingerprint density at radius 3 is 2.81 bits per heavy atom. The summed E-state index contributed by atoms with van der Waals surface area (Å²) in [6.07, 6.45) is 1.60. The second kappa shape index (κ2) is 4.35. The molecule has 0 saturated heterocycles. The van der Waals surface area contributed by atoms with Crippen molar-refractivity contribution >= 4 is 5.82 Å². The number of nitrogens with two attached hydrogens (primary N) is 1. The van der Waals surface area contributed by atoms with Crippen LogP contribution in [0.1, 0.15) is 19.1 Å². The molecule has 84 valence electrons. The van der Waals surface area contributed by atoms with Crippen LogP contribution in [0.5, 0.6) is 0 Å². The van der Waals surface area contributed by atoms with Gasteiger partial charge in [-0.15, -0.1) is 0 Å². The van der Waals surface area contributed by atoms with Crippen LogP contribution < -0.4 is 5.73 Å². The number of hydrogen-bond donors (Lipinski definition) is 1. The van der Waals surface area contributed by atoms with Gasteiger partial charge in [-0.2, -0.15) is 0 Å². The summed E-state index contributed by atoms with van der Waals surface area (Å²) in [5.41, 5.74) is 6.73. The largest absolute Gasteiger partial charge is 0.380 e. The first-order chi connectivity index (χ1) is 7.74. The highest BCUT2D eigenvalue weighted by Crippen LogP contribution is 2.31. The Morgan fingerprint density at radius 1 is 1.38 bits per heavy atom. The Morgan fingerprint density at radius 2 is 2.12 bits per heavy atom. The van der Waals surface area contributed by atoms with Crippen LogP contribution in [0.4, 0.5) is 10.2 Å². The lowest BCUT2D eigenvalue weighted by Gasteiger charge is -2.02. The van der Waals surface area contributed by atoms with Crippen LogP contribution in [0.25, 0.3) is 11.1 Å². The first kappa shape index (κ1) is 10.7. The van der Waals surface area contributed by atoms with E-state index >= 15 is 0 Å². The number of anilines is 1. The third kappa shape index (κ3) is 1.78. The fourth-order valence-electron chi connectivity index (χ4n) is 1.69. The van der Waals surface area contributed by atoms with E-state index in [0.717, 1.165) is 6.42 Å². The highest BCUT2D eigenvalue weighted by Gasteiger charge is 2.17. The van der Waals surface area contributed by atoms with Crippen molar-refractivity contribution in [3.63, 3.8) is 0 Å². The molecule has 1 aromatic carbocycles. The van der Waals surface area contributed by atoms with Gasteiger partial charge in [0.2, 0.25) is 0 Å². The maximum Gasteiger partial charge on any atom is 0.175 e. The quantitative estimate of drug-likeness (QED) is 0.865. The first-order valence-electron chi connectivity index (χ1n) is 5.23. The molecule has 1 aromatic heterocycles. The fourth-order valence-corrected chi connectivity index (χ4v) is 1.69. The van der Waals surface area contributed by atoms with E-state index in [1.807, 2.05) is 6.92 Å². The number of benzene rings is 1. The molecule has 16 heavy (non-hydrogen) atoms. The van der Waals surface area contributed by atoms with Gasteiger partial charge in [-0.05, 0) is 12.5 Å². The van der Waals surface area contributed by atoms with Crippen molar-refractivity contribution in [2.75, 3.05) is 5.73 Å². The molecule has 4 heteroatoms. The molecule has 0 radical (unpaired) electrons. The number of aryl methyl sites for hydroxylation is 1. The molecule has 0 aliphatic heterocycles. The standard InChI is InChI=1S/C12H13FN2O/c1-2-5-10-11(12(14)15-16-10)8-6-3-4-7-9(8)13/h3-4,6-7H,2,5H2,1H3,(H2,14,15). The van der Waals surface area contributed by atoms with Crippen LogP contribution in [0.15, 0.2) is 28.8 Å². The van der Waals surface area contributed by atoms with Crippen molar-refractivity contribution in [1.29, 1.82) is 0 Å². The van der Waals surface area contributed by atoms with Gasteiger partial charge >= 0.3 is 0 Å². The minimum absolute atomic E-state index is 0.244. The maximum atomic E-state index is 13.6. The van der Waals surface area contributed by atoms with Gasteiger partial charge in [0.15, 0.2) is 5.82 Å². The van der Waals surface area contributed by atoms with Gasteiger partial charge in [0, 0.05) is 12.0 Å². The number of aromatic nitrogens is 1. The van der Waals surface area contributed by atoms with Crippen LogP contribution in [0.2, 0.25) is 0 Å². The second-order valence-electron chi connectivity index (χ2n) is 3.60. The fraction of sp³-hybridized carbons (Fsp3) is 0.250. The van der Waals surface area contributed by atoms with Crippen molar-refractivity contribution in [3.05, 3.63) is 35.8 Å².